The number of benzene rings is 1. The molecule has 1 fully saturated rings. The summed E-state index contributed by atoms with van der Waals surface area (Å²) in [6, 6.07) is 9.16. The molecule has 0 nitrogen and oxygen atoms in total. The fourth-order valence-electron chi connectivity index (χ4n) is 2.16. The molecular formula is C14H19Br. The average molecular weight is 267 g/mol. The monoisotopic (exact) mass is 266 g/mol. The van der Waals surface area contributed by atoms with Crippen molar-refractivity contribution in [1.82, 2.24) is 0 Å². The molecule has 0 aromatic heterocycles. The highest BCUT2D eigenvalue weighted by molar-refractivity contribution is 9.09. The van der Waals surface area contributed by atoms with Crippen molar-refractivity contribution in [1.29, 1.82) is 0 Å². The Kier molecular flexibility index (Phi) is 3.85. The highest BCUT2D eigenvalue weighted by atomic mass is 79.9. The third-order valence-electron chi connectivity index (χ3n) is 3.40. The highest BCUT2D eigenvalue weighted by Crippen LogP contribution is 2.42. The Morgan fingerprint density at radius 3 is 2.40 bits per heavy atom. The lowest BCUT2D eigenvalue weighted by Gasteiger charge is -2.30. The lowest BCUT2D eigenvalue weighted by molar-refractivity contribution is 0.312. The summed E-state index contributed by atoms with van der Waals surface area (Å²) in [4.78, 5) is 0.585. The third kappa shape index (κ3) is 2.63. The van der Waals surface area contributed by atoms with Crippen LogP contribution in [-0.4, -0.2) is 0 Å². The second-order valence-corrected chi connectivity index (χ2v) is 5.57. The summed E-state index contributed by atoms with van der Waals surface area (Å²) in [5.41, 5.74) is 2.93. The van der Waals surface area contributed by atoms with E-state index in [-0.39, 0.29) is 0 Å². The topological polar surface area (TPSA) is 0 Å². The standard InChI is InChI=1S/C14H19Br/c1-2-4-11-7-9-13(10-8-11)14(15)12-5-3-6-12/h7-10,12,14H,2-6H2,1H3/t14-/m0/s1. The Labute approximate surface area is 101 Å². The van der Waals surface area contributed by atoms with E-state index < -0.39 is 0 Å². The van der Waals surface area contributed by atoms with E-state index in [4.69, 9.17) is 0 Å². The number of alkyl halides is 1. The molecule has 0 amide bonds. The zero-order chi connectivity index (χ0) is 10.7. The molecule has 1 aliphatic rings. The summed E-state index contributed by atoms with van der Waals surface area (Å²) in [5.74, 6) is 0.877. The molecule has 1 saturated carbocycles. The SMILES string of the molecule is CCCc1ccc([C@@H](Br)C2CCC2)cc1. The van der Waals surface area contributed by atoms with Gasteiger partial charge in [0.1, 0.15) is 0 Å². The maximum atomic E-state index is 3.83. The van der Waals surface area contributed by atoms with Crippen LogP contribution in [0.2, 0.25) is 0 Å². The molecule has 1 atom stereocenters. The van der Waals surface area contributed by atoms with Gasteiger partial charge in [-0.3, -0.25) is 0 Å². The van der Waals surface area contributed by atoms with Crippen LogP contribution >= 0.6 is 15.9 Å². The molecular weight excluding hydrogens is 248 g/mol. The second-order valence-electron chi connectivity index (χ2n) is 4.58. The minimum Gasteiger partial charge on any atom is -0.0836 e. The van der Waals surface area contributed by atoms with Crippen molar-refractivity contribution in [3.63, 3.8) is 0 Å². The van der Waals surface area contributed by atoms with E-state index in [0.29, 0.717) is 4.83 Å². The first kappa shape index (κ1) is 11.2. The lowest BCUT2D eigenvalue weighted by atomic mass is 9.81. The van der Waals surface area contributed by atoms with Crippen LogP contribution in [0.4, 0.5) is 0 Å². The number of hydrogen-bond acceptors (Lipinski definition) is 0. The Morgan fingerprint density at radius 2 is 1.93 bits per heavy atom. The van der Waals surface area contributed by atoms with Crippen molar-refractivity contribution in [2.24, 2.45) is 5.92 Å². The van der Waals surface area contributed by atoms with Crippen LogP contribution in [0.5, 0.6) is 0 Å². The fourth-order valence-corrected chi connectivity index (χ4v) is 3.00. The van der Waals surface area contributed by atoms with E-state index in [1.807, 2.05) is 0 Å². The van der Waals surface area contributed by atoms with Crippen LogP contribution < -0.4 is 0 Å². The first-order valence-corrected chi connectivity index (χ1v) is 6.95. The molecule has 2 rings (SSSR count). The largest absolute Gasteiger partial charge is 0.0836 e. The van der Waals surface area contributed by atoms with Gasteiger partial charge >= 0.3 is 0 Å². The summed E-state index contributed by atoms with van der Waals surface area (Å²) < 4.78 is 0. The first-order chi connectivity index (χ1) is 7.31. The van der Waals surface area contributed by atoms with Gasteiger partial charge in [0.2, 0.25) is 0 Å². The molecule has 0 heterocycles. The van der Waals surface area contributed by atoms with Crippen LogP contribution in [0.15, 0.2) is 24.3 Å². The van der Waals surface area contributed by atoms with Gasteiger partial charge in [0.05, 0.1) is 0 Å². The van der Waals surface area contributed by atoms with Crippen LogP contribution in [0.1, 0.15) is 48.6 Å². The second kappa shape index (κ2) is 5.16. The quantitative estimate of drug-likeness (QED) is 0.682. The molecule has 15 heavy (non-hydrogen) atoms. The summed E-state index contributed by atoms with van der Waals surface area (Å²) in [7, 11) is 0. The average Bonchev–Trinajstić information content (AvgIpc) is 2.16. The minimum absolute atomic E-state index is 0.585. The van der Waals surface area contributed by atoms with Gasteiger partial charge in [-0.05, 0) is 36.3 Å². The van der Waals surface area contributed by atoms with Gasteiger partial charge in [0, 0.05) is 4.83 Å². The van der Waals surface area contributed by atoms with Crippen molar-refractivity contribution in [2.75, 3.05) is 0 Å². The number of hydrogen-bond donors (Lipinski definition) is 0. The molecule has 0 saturated heterocycles. The van der Waals surface area contributed by atoms with Gasteiger partial charge in [0.25, 0.3) is 0 Å². The Balaban J connectivity index is 2.02. The molecule has 0 N–H and O–H groups in total. The summed E-state index contributed by atoms with van der Waals surface area (Å²) in [6.07, 6.45) is 6.65. The lowest BCUT2D eigenvalue weighted by Crippen LogP contribution is -2.16. The van der Waals surface area contributed by atoms with Gasteiger partial charge in [0.15, 0.2) is 0 Å². The molecule has 0 aliphatic heterocycles. The van der Waals surface area contributed by atoms with Crippen molar-refractivity contribution in [3.8, 4) is 0 Å². The van der Waals surface area contributed by atoms with Gasteiger partial charge in [-0.2, -0.15) is 0 Å². The van der Waals surface area contributed by atoms with E-state index in [2.05, 4.69) is 47.1 Å². The van der Waals surface area contributed by atoms with Crippen molar-refractivity contribution < 1.29 is 0 Å². The van der Waals surface area contributed by atoms with Gasteiger partial charge in [-0.15, -0.1) is 0 Å². The molecule has 1 aromatic carbocycles. The molecule has 0 radical (unpaired) electrons. The van der Waals surface area contributed by atoms with Crippen LogP contribution in [0, 0.1) is 5.92 Å². The zero-order valence-corrected chi connectivity index (χ0v) is 11.0. The smallest absolute Gasteiger partial charge is 0.0423 e. The van der Waals surface area contributed by atoms with Crippen molar-refractivity contribution in [3.05, 3.63) is 35.4 Å². The number of halogens is 1. The molecule has 0 bridgehead atoms. The van der Waals surface area contributed by atoms with E-state index in [1.54, 1.807) is 0 Å². The van der Waals surface area contributed by atoms with Crippen LogP contribution in [-0.2, 0) is 6.42 Å². The predicted molar refractivity (Wildman–Crippen MR) is 69.4 cm³/mol. The summed E-state index contributed by atoms with van der Waals surface area (Å²) in [6.45, 7) is 2.23. The molecule has 1 aliphatic carbocycles. The Bertz CT molecular complexity index is 298. The van der Waals surface area contributed by atoms with Gasteiger partial charge in [-0.25, -0.2) is 0 Å². The molecule has 1 aromatic rings. The maximum absolute atomic E-state index is 3.83. The fraction of sp³-hybridized carbons (Fsp3) is 0.571. The van der Waals surface area contributed by atoms with Gasteiger partial charge in [-0.1, -0.05) is 60.0 Å². The number of aryl methyl sites for hydroxylation is 1. The summed E-state index contributed by atoms with van der Waals surface area (Å²) >= 11 is 3.83. The van der Waals surface area contributed by atoms with Crippen LogP contribution in [0.3, 0.4) is 0 Å². The van der Waals surface area contributed by atoms with Crippen LogP contribution in [0.25, 0.3) is 0 Å². The van der Waals surface area contributed by atoms with Gasteiger partial charge < -0.3 is 0 Å². The van der Waals surface area contributed by atoms with E-state index in [9.17, 15) is 0 Å². The minimum atomic E-state index is 0.585. The molecule has 82 valence electrons. The van der Waals surface area contributed by atoms with E-state index >= 15 is 0 Å². The van der Waals surface area contributed by atoms with E-state index in [0.717, 1.165) is 5.92 Å². The summed E-state index contributed by atoms with van der Waals surface area (Å²) in [5, 5.41) is 0. The van der Waals surface area contributed by atoms with E-state index in [1.165, 1.54) is 43.2 Å². The zero-order valence-electron chi connectivity index (χ0n) is 9.38. The predicted octanol–water partition coefficient (Wildman–Crippen LogP) is 4.88. The molecule has 0 unspecified atom stereocenters. The maximum Gasteiger partial charge on any atom is 0.0423 e. The third-order valence-corrected chi connectivity index (χ3v) is 4.68. The Hall–Kier alpha value is -0.300. The molecule has 1 heteroatoms. The molecule has 0 spiro atoms. The highest BCUT2D eigenvalue weighted by Gasteiger charge is 2.26. The Morgan fingerprint density at radius 1 is 1.27 bits per heavy atom. The van der Waals surface area contributed by atoms with Crippen molar-refractivity contribution in [2.45, 2.75) is 43.9 Å². The first-order valence-electron chi connectivity index (χ1n) is 6.04. The van der Waals surface area contributed by atoms with Crippen molar-refractivity contribution >= 4 is 15.9 Å². The number of rotatable bonds is 4. The normalized spacial score (nSPS) is 18.5.